The van der Waals surface area contributed by atoms with Crippen molar-refractivity contribution in [3.8, 4) is 5.75 Å². The standard InChI is InChI=1S/C14H22N2O3S/c1-19-14-8-7-12(9-13(14)15)20(17,18)16-10-11-5-3-2-4-6-11/h7-9,11,16H,2-6,10,15H2,1H3. The fourth-order valence-electron chi connectivity index (χ4n) is 2.58. The Kier molecular flexibility index (Phi) is 4.88. The summed E-state index contributed by atoms with van der Waals surface area (Å²) < 4.78 is 32.2. The predicted octanol–water partition coefficient (Wildman–Crippen LogP) is 2.14. The van der Waals surface area contributed by atoms with E-state index in [4.69, 9.17) is 10.5 Å². The average Bonchev–Trinajstić information content (AvgIpc) is 2.46. The molecule has 20 heavy (non-hydrogen) atoms. The molecule has 1 aromatic rings. The van der Waals surface area contributed by atoms with E-state index in [1.807, 2.05) is 0 Å². The minimum absolute atomic E-state index is 0.187. The highest BCUT2D eigenvalue weighted by Gasteiger charge is 2.19. The van der Waals surface area contributed by atoms with E-state index in [9.17, 15) is 8.42 Å². The lowest BCUT2D eigenvalue weighted by atomic mass is 9.90. The maximum absolute atomic E-state index is 12.2. The number of hydrogen-bond donors (Lipinski definition) is 2. The average molecular weight is 298 g/mol. The second-order valence-corrected chi connectivity index (χ2v) is 7.03. The minimum atomic E-state index is -3.49. The molecular formula is C14H22N2O3S. The van der Waals surface area contributed by atoms with Crippen LogP contribution < -0.4 is 15.2 Å². The van der Waals surface area contributed by atoms with Crippen LogP contribution in [0.2, 0.25) is 0 Å². The van der Waals surface area contributed by atoms with Gasteiger partial charge in [0.2, 0.25) is 10.0 Å². The number of methoxy groups -OCH3 is 1. The number of nitrogen functional groups attached to an aromatic ring is 1. The van der Waals surface area contributed by atoms with Gasteiger partial charge in [0.25, 0.3) is 0 Å². The molecule has 5 nitrogen and oxygen atoms in total. The molecule has 2 rings (SSSR count). The predicted molar refractivity (Wildman–Crippen MR) is 79.2 cm³/mol. The Balaban J connectivity index is 2.04. The van der Waals surface area contributed by atoms with Gasteiger partial charge in [0.1, 0.15) is 5.75 Å². The first-order valence-corrected chi connectivity index (χ1v) is 8.44. The van der Waals surface area contributed by atoms with Crippen molar-refractivity contribution in [1.82, 2.24) is 4.72 Å². The van der Waals surface area contributed by atoms with Gasteiger partial charge in [-0.15, -0.1) is 0 Å². The molecule has 1 fully saturated rings. The van der Waals surface area contributed by atoms with Gasteiger partial charge in [-0.3, -0.25) is 0 Å². The third-order valence-corrected chi connectivity index (χ3v) is 5.22. The summed E-state index contributed by atoms with van der Waals surface area (Å²) in [6.07, 6.45) is 5.86. The fraction of sp³-hybridized carbons (Fsp3) is 0.571. The molecule has 0 aromatic heterocycles. The number of nitrogens with two attached hydrogens (primary N) is 1. The Bertz CT molecular complexity index is 552. The summed E-state index contributed by atoms with van der Waals surface area (Å²) in [6.45, 7) is 0.508. The van der Waals surface area contributed by atoms with Gasteiger partial charge in [0.15, 0.2) is 0 Å². The smallest absolute Gasteiger partial charge is 0.240 e. The number of benzene rings is 1. The Morgan fingerprint density at radius 2 is 2.00 bits per heavy atom. The third-order valence-electron chi connectivity index (χ3n) is 3.80. The van der Waals surface area contributed by atoms with Crippen molar-refractivity contribution in [3.05, 3.63) is 18.2 Å². The second kappa shape index (κ2) is 6.45. The molecule has 112 valence electrons. The van der Waals surface area contributed by atoms with E-state index in [0.29, 0.717) is 23.9 Å². The second-order valence-electron chi connectivity index (χ2n) is 5.26. The lowest BCUT2D eigenvalue weighted by molar-refractivity contribution is 0.357. The van der Waals surface area contributed by atoms with E-state index in [-0.39, 0.29) is 4.90 Å². The van der Waals surface area contributed by atoms with Gasteiger partial charge < -0.3 is 10.5 Å². The quantitative estimate of drug-likeness (QED) is 0.816. The van der Waals surface area contributed by atoms with Crippen molar-refractivity contribution in [1.29, 1.82) is 0 Å². The van der Waals surface area contributed by atoms with Crippen LogP contribution in [0, 0.1) is 5.92 Å². The summed E-state index contributed by atoms with van der Waals surface area (Å²) in [4.78, 5) is 0.187. The molecule has 1 saturated carbocycles. The van der Waals surface area contributed by atoms with Crippen LogP contribution in [0.1, 0.15) is 32.1 Å². The first-order chi connectivity index (χ1) is 9.53. The summed E-state index contributed by atoms with van der Waals surface area (Å²) >= 11 is 0. The molecule has 0 radical (unpaired) electrons. The minimum Gasteiger partial charge on any atom is -0.495 e. The van der Waals surface area contributed by atoms with Crippen LogP contribution in [0.3, 0.4) is 0 Å². The van der Waals surface area contributed by atoms with E-state index in [1.165, 1.54) is 38.5 Å². The topological polar surface area (TPSA) is 81.4 Å². The lowest BCUT2D eigenvalue weighted by Crippen LogP contribution is -2.30. The van der Waals surface area contributed by atoms with Gasteiger partial charge in [-0.25, -0.2) is 13.1 Å². The van der Waals surface area contributed by atoms with Crippen molar-refractivity contribution in [3.63, 3.8) is 0 Å². The van der Waals surface area contributed by atoms with Crippen LogP contribution in [-0.4, -0.2) is 22.1 Å². The largest absolute Gasteiger partial charge is 0.495 e. The molecule has 0 spiro atoms. The third kappa shape index (κ3) is 3.64. The molecular weight excluding hydrogens is 276 g/mol. The number of ether oxygens (including phenoxy) is 1. The SMILES string of the molecule is COc1ccc(S(=O)(=O)NCC2CCCCC2)cc1N. The van der Waals surface area contributed by atoms with Crippen LogP contribution in [0.4, 0.5) is 5.69 Å². The van der Waals surface area contributed by atoms with E-state index in [0.717, 1.165) is 12.8 Å². The van der Waals surface area contributed by atoms with Gasteiger partial charge >= 0.3 is 0 Å². The highest BCUT2D eigenvalue weighted by Crippen LogP contribution is 2.25. The summed E-state index contributed by atoms with van der Waals surface area (Å²) in [7, 11) is -1.99. The Hall–Kier alpha value is -1.27. The maximum atomic E-state index is 12.2. The first-order valence-electron chi connectivity index (χ1n) is 6.96. The van der Waals surface area contributed by atoms with Crippen molar-refractivity contribution >= 4 is 15.7 Å². The van der Waals surface area contributed by atoms with Gasteiger partial charge in [0, 0.05) is 6.54 Å². The monoisotopic (exact) mass is 298 g/mol. The van der Waals surface area contributed by atoms with E-state index >= 15 is 0 Å². The first kappa shape index (κ1) is 15.1. The molecule has 0 unspecified atom stereocenters. The van der Waals surface area contributed by atoms with E-state index < -0.39 is 10.0 Å². The zero-order chi connectivity index (χ0) is 14.6. The van der Waals surface area contributed by atoms with Crippen LogP contribution >= 0.6 is 0 Å². The molecule has 3 N–H and O–H groups in total. The molecule has 0 saturated heterocycles. The number of sulfonamides is 1. The highest BCUT2D eigenvalue weighted by molar-refractivity contribution is 7.89. The van der Waals surface area contributed by atoms with Crippen LogP contribution in [0.15, 0.2) is 23.1 Å². The molecule has 0 atom stereocenters. The molecule has 0 bridgehead atoms. The number of rotatable bonds is 5. The summed E-state index contributed by atoms with van der Waals surface area (Å²) in [5, 5.41) is 0. The van der Waals surface area contributed by atoms with Crippen molar-refractivity contribution in [2.75, 3.05) is 19.4 Å². The van der Waals surface area contributed by atoms with Crippen LogP contribution in [0.5, 0.6) is 5.75 Å². The fourth-order valence-corrected chi connectivity index (χ4v) is 3.73. The molecule has 1 aromatic carbocycles. The lowest BCUT2D eigenvalue weighted by Gasteiger charge is -2.21. The number of nitrogens with one attached hydrogen (secondary N) is 1. The van der Waals surface area contributed by atoms with Crippen LogP contribution in [-0.2, 0) is 10.0 Å². The van der Waals surface area contributed by atoms with Gasteiger partial charge in [-0.05, 0) is 37.0 Å². The van der Waals surface area contributed by atoms with Gasteiger partial charge in [0.05, 0.1) is 17.7 Å². The molecule has 1 aliphatic rings. The molecule has 6 heteroatoms. The Morgan fingerprint density at radius 1 is 1.30 bits per heavy atom. The Morgan fingerprint density at radius 3 is 2.60 bits per heavy atom. The Labute approximate surface area is 120 Å². The van der Waals surface area contributed by atoms with Gasteiger partial charge in [-0.2, -0.15) is 0 Å². The van der Waals surface area contributed by atoms with Crippen LogP contribution in [0.25, 0.3) is 0 Å². The number of anilines is 1. The number of hydrogen-bond acceptors (Lipinski definition) is 4. The van der Waals surface area contributed by atoms with Gasteiger partial charge in [-0.1, -0.05) is 19.3 Å². The van der Waals surface area contributed by atoms with Crippen molar-refractivity contribution in [2.45, 2.75) is 37.0 Å². The highest BCUT2D eigenvalue weighted by atomic mass is 32.2. The summed E-state index contributed by atoms with van der Waals surface area (Å²) in [5.74, 6) is 0.936. The maximum Gasteiger partial charge on any atom is 0.240 e. The van der Waals surface area contributed by atoms with Crippen molar-refractivity contribution in [2.24, 2.45) is 5.92 Å². The summed E-state index contributed by atoms with van der Waals surface area (Å²) in [5.41, 5.74) is 6.08. The van der Waals surface area contributed by atoms with E-state index in [2.05, 4.69) is 4.72 Å². The summed E-state index contributed by atoms with van der Waals surface area (Å²) in [6, 6.07) is 4.52. The normalized spacial score (nSPS) is 17.1. The van der Waals surface area contributed by atoms with E-state index in [1.54, 1.807) is 6.07 Å². The zero-order valence-electron chi connectivity index (χ0n) is 11.8. The molecule has 0 aliphatic heterocycles. The zero-order valence-corrected chi connectivity index (χ0v) is 12.6. The van der Waals surface area contributed by atoms with Crippen molar-refractivity contribution < 1.29 is 13.2 Å². The molecule has 1 aliphatic carbocycles. The molecule has 0 amide bonds. The molecule has 0 heterocycles.